The SMILES string of the molecule is C=C(C)N(/C=C\C)CCCN(CC(C)CCCCCC(=O)CC(CC)CCCCCCCC)CC(C)CCCCCC(=O)CC(CC)CCCCCCCC. The molecular weight excluding hydrogens is 673 g/mol. The quantitative estimate of drug-likeness (QED) is 0.0580. The summed E-state index contributed by atoms with van der Waals surface area (Å²) in [4.78, 5) is 30.6. The van der Waals surface area contributed by atoms with Crippen molar-refractivity contribution in [2.75, 3.05) is 26.2 Å². The summed E-state index contributed by atoms with van der Waals surface area (Å²) in [5, 5.41) is 0. The van der Waals surface area contributed by atoms with Crippen LogP contribution in [0.4, 0.5) is 0 Å². The van der Waals surface area contributed by atoms with Crippen molar-refractivity contribution in [2.24, 2.45) is 23.7 Å². The minimum Gasteiger partial charge on any atom is -0.353 e. The van der Waals surface area contributed by atoms with Gasteiger partial charge in [-0.2, -0.15) is 0 Å². The topological polar surface area (TPSA) is 40.6 Å². The molecular formula is C51H98N2O2. The van der Waals surface area contributed by atoms with Crippen molar-refractivity contribution >= 4 is 11.6 Å². The van der Waals surface area contributed by atoms with Gasteiger partial charge in [-0.3, -0.25) is 9.59 Å². The fraction of sp³-hybridized carbons (Fsp3) is 0.882. The van der Waals surface area contributed by atoms with Gasteiger partial charge in [0.2, 0.25) is 0 Å². The molecule has 0 amide bonds. The molecule has 0 aliphatic rings. The third kappa shape index (κ3) is 33.3. The average molecular weight is 771 g/mol. The highest BCUT2D eigenvalue weighted by Crippen LogP contribution is 2.23. The summed E-state index contributed by atoms with van der Waals surface area (Å²) in [6.07, 6.45) is 38.9. The van der Waals surface area contributed by atoms with Crippen molar-refractivity contribution in [3.8, 4) is 0 Å². The number of nitrogens with zero attached hydrogens (tertiary/aromatic N) is 2. The van der Waals surface area contributed by atoms with Gasteiger partial charge in [0.1, 0.15) is 11.6 Å². The Hall–Kier alpha value is -1.42. The molecule has 0 aromatic heterocycles. The highest BCUT2D eigenvalue weighted by atomic mass is 16.1. The Labute approximate surface area is 345 Å². The lowest BCUT2D eigenvalue weighted by molar-refractivity contribution is -0.121. The fourth-order valence-electron chi connectivity index (χ4n) is 8.52. The lowest BCUT2D eigenvalue weighted by atomic mass is 9.91. The molecule has 0 bridgehead atoms. The summed E-state index contributed by atoms with van der Waals surface area (Å²) in [6.45, 7) is 26.8. The van der Waals surface area contributed by atoms with E-state index in [9.17, 15) is 9.59 Å². The second kappa shape index (κ2) is 38.1. The highest BCUT2D eigenvalue weighted by Gasteiger charge is 2.16. The van der Waals surface area contributed by atoms with Gasteiger partial charge < -0.3 is 9.80 Å². The number of rotatable bonds is 42. The predicted molar refractivity (Wildman–Crippen MR) is 245 cm³/mol. The first kappa shape index (κ1) is 53.6. The summed E-state index contributed by atoms with van der Waals surface area (Å²) >= 11 is 0. The summed E-state index contributed by atoms with van der Waals surface area (Å²) in [6, 6.07) is 0. The molecule has 0 saturated carbocycles. The number of carbonyl (C=O) groups excluding carboxylic acids is 2. The van der Waals surface area contributed by atoms with Crippen LogP contribution >= 0.6 is 0 Å². The van der Waals surface area contributed by atoms with Crippen molar-refractivity contribution in [2.45, 2.75) is 242 Å². The summed E-state index contributed by atoms with van der Waals surface area (Å²) in [7, 11) is 0. The maximum absolute atomic E-state index is 12.8. The zero-order valence-corrected chi connectivity index (χ0v) is 38.7. The normalized spacial score (nSPS) is 14.1. The monoisotopic (exact) mass is 771 g/mol. The molecule has 0 aliphatic carbocycles. The van der Waals surface area contributed by atoms with E-state index >= 15 is 0 Å². The molecule has 0 heterocycles. The van der Waals surface area contributed by atoms with Gasteiger partial charge in [0, 0.05) is 51.0 Å². The molecule has 4 unspecified atom stereocenters. The lowest BCUT2D eigenvalue weighted by Gasteiger charge is -2.30. The molecule has 324 valence electrons. The molecule has 0 rings (SSSR count). The van der Waals surface area contributed by atoms with Gasteiger partial charge in [0.15, 0.2) is 0 Å². The summed E-state index contributed by atoms with van der Waals surface area (Å²) in [5.41, 5.74) is 1.11. The third-order valence-electron chi connectivity index (χ3n) is 12.3. The molecule has 55 heavy (non-hydrogen) atoms. The molecule has 4 atom stereocenters. The van der Waals surface area contributed by atoms with Crippen LogP contribution in [0, 0.1) is 23.7 Å². The van der Waals surface area contributed by atoms with Crippen LogP contribution in [0.25, 0.3) is 0 Å². The van der Waals surface area contributed by atoms with Gasteiger partial charge >= 0.3 is 0 Å². The van der Waals surface area contributed by atoms with Gasteiger partial charge in [-0.25, -0.2) is 0 Å². The second-order valence-corrected chi connectivity index (χ2v) is 18.1. The molecule has 4 heteroatoms. The average Bonchev–Trinajstić information content (AvgIpc) is 3.15. The number of hydrogen-bond donors (Lipinski definition) is 0. The second-order valence-electron chi connectivity index (χ2n) is 18.1. The van der Waals surface area contributed by atoms with Crippen LogP contribution in [0.3, 0.4) is 0 Å². The van der Waals surface area contributed by atoms with Crippen LogP contribution < -0.4 is 0 Å². The van der Waals surface area contributed by atoms with Gasteiger partial charge in [0.05, 0.1) is 0 Å². The molecule has 0 aromatic carbocycles. The van der Waals surface area contributed by atoms with Crippen LogP contribution in [0.5, 0.6) is 0 Å². The number of allylic oxidation sites excluding steroid dienone is 2. The van der Waals surface area contributed by atoms with Crippen LogP contribution in [0.2, 0.25) is 0 Å². The van der Waals surface area contributed by atoms with Crippen LogP contribution in [-0.4, -0.2) is 47.5 Å². The number of carbonyl (C=O) groups is 2. The Kier molecular flexibility index (Phi) is 37.1. The maximum Gasteiger partial charge on any atom is 0.133 e. The van der Waals surface area contributed by atoms with E-state index in [1.165, 1.54) is 128 Å². The maximum atomic E-state index is 12.8. The minimum atomic E-state index is 0.503. The van der Waals surface area contributed by atoms with E-state index in [0.29, 0.717) is 35.2 Å². The Morgan fingerprint density at radius 1 is 0.545 bits per heavy atom. The number of Topliss-reactive ketones (excluding diaryl/α,β-unsaturated/α-hetero) is 2. The number of unbranched alkanes of at least 4 members (excludes halogenated alkanes) is 14. The van der Waals surface area contributed by atoms with Crippen molar-refractivity contribution in [1.29, 1.82) is 0 Å². The Balaban J connectivity index is 4.63. The molecule has 4 nitrogen and oxygen atoms in total. The summed E-state index contributed by atoms with van der Waals surface area (Å²) in [5.74, 6) is 3.53. The number of hydrogen-bond acceptors (Lipinski definition) is 4. The standard InChI is InChI=1S/C51H98N2O2/c1-10-15-17-19-21-27-34-48(13-4)41-50(54)36-29-23-25-32-46(8)43-52(39-31-40-53(38-12-3)45(6)7)44-47(9)33-26-24-30-37-51(55)42-49(14-5)35-28-22-20-18-16-11-2/h12,38,46-49H,6,10-11,13-37,39-44H2,1-5,7-9H3/b38-12-. The van der Waals surface area contributed by atoms with Crippen molar-refractivity contribution in [1.82, 2.24) is 9.80 Å². The van der Waals surface area contributed by atoms with Gasteiger partial charge in [-0.1, -0.05) is 183 Å². The van der Waals surface area contributed by atoms with E-state index < -0.39 is 0 Å². The molecule has 0 aliphatic heterocycles. The van der Waals surface area contributed by atoms with Crippen LogP contribution in [0.1, 0.15) is 242 Å². The largest absolute Gasteiger partial charge is 0.353 e. The molecule has 0 fully saturated rings. The highest BCUT2D eigenvalue weighted by molar-refractivity contribution is 5.78. The van der Waals surface area contributed by atoms with E-state index in [-0.39, 0.29) is 0 Å². The van der Waals surface area contributed by atoms with Crippen molar-refractivity contribution in [3.63, 3.8) is 0 Å². The zero-order chi connectivity index (χ0) is 40.9. The van der Waals surface area contributed by atoms with E-state index in [1.54, 1.807) is 0 Å². The van der Waals surface area contributed by atoms with Gasteiger partial charge in [-0.15, -0.1) is 0 Å². The zero-order valence-electron chi connectivity index (χ0n) is 38.7. The first-order valence-electron chi connectivity index (χ1n) is 24.4. The van der Waals surface area contributed by atoms with E-state index in [4.69, 9.17) is 0 Å². The molecule has 0 radical (unpaired) electrons. The van der Waals surface area contributed by atoms with Crippen molar-refractivity contribution in [3.05, 3.63) is 24.6 Å². The van der Waals surface area contributed by atoms with Gasteiger partial charge in [-0.05, 0) is 82.4 Å². The van der Waals surface area contributed by atoms with Gasteiger partial charge in [0.25, 0.3) is 0 Å². The molecule has 0 N–H and O–H groups in total. The van der Waals surface area contributed by atoms with Crippen molar-refractivity contribution < 1.29 is 9.59 Å². The molecule has 0 aromatic rings. The van der Waals surface area contributed by atoms with Crippen LogP contribution in [0.15, 0.2) is 24.6 Å². The fourth-order valence-corrected chi connectivity index (χ4v) is 8.52. The van der Waals surface area contributed by atoms with Crippen LogP contribution in [-0.2, 0) is 9.59 Å². The first-order chi connectivity index (χ1) is 26.6. The third-order valence-corrected chi connectivity index (χ3v) is 12.3. The lowest BCUT2D eigenvalue weighted by Crippen LogP contribution is -2.35. The Bertz CT molecular complexity index is 872. The molecule has 0 saturated heterocycles. The Morgan fingerprint density at radius 3 is 1.35 bits per heavy atom. The smallest absolute Gasteiger partial charge is 0.133 e. The van der Waals surface area contributed by atoms with E-state index in [0.717, 1.165) is 89.7 Å². The molecule has 0 spiro atoms. The van der Waals surface area contributed by atoms with E-state index in [2.05, 4.69) is 84.0 Å². The summed E-state index contributed by atoms with van der Waals surface area (Å²) < 4.78 is 0. The first-order valence-corrected chi connectivity index (χ1v) is 24.4. The van der Waals surface area contributed by atoms with E-state index in [1.807, 2.05) is 0 Å². The number of ketones is 2. The minimum absolute atomic E-state index is 0.503. The predicted octanol–water partition coefficient (Wildman–Crippen LogP) is 15.7. The Morgan fingerprint density at radius 2 is 0.945 bits per heavy atom.